The van der Waals surface area contributed by atoms with E-state index in [9.17, 15) is 14.9 Å². The van der Waals surface area contributed by atoms with Crippen molar-refractivity contribution in [3.05, 3.63) is 82.3 Å². The number of nitrogens with zero attached hydrogens (tertiary/aromatic N) is 1. The van der Waals surface area contributed by atoms with Gasteiger partial charge < -0.3 is 24.3 Å². The molecule has 8 nitrogen and oxygen atoms in total. The van der Waals surface area contributed by atoms with Crippen LogP contribution in [0, 0.1) is 25.2 Å². The third-order valence-corrected chi connectivity index (χ3v) is 4.87. The number of amides is 1. The van der Waals surface area contributed by atoms with E-state index in [2.05, 4.69) is 5.32 Å². The number of carbonyl (C=O) groups is 2. The normalized spacial score (nSPS) is 10.9. The molecule has 0 aliphatic carbocycles. The van der Waals surface area contributed by atoms with E-state index in [1.54, 1.807) is 24.3 Å². The van der Waals surface area contributed by atoms with Crippen LogP contribution in [-0.2, 0) is 11.4 Å². The molecule has 3 rings (SSSR count). The van der Waals surface area contributed by atoms with Crippen molar-refractivity contribution in [1.29, 1.82) is 5.26 Å². The van der Waals surface area contributed by atoms with Gasteiger partial charge in [0.2, 0.25) is 5.76 Å². The molecule has 0 atom stereocenters. The van der Waals surface area contributed by atoms with Crippen molar-refractivity contribution in [1.82, 2.24) is 0 Å². The highest BCUT2D eigenvalue weighted by Crippen LogP contribution is 2.30. The molecule has 0 spiro atoms. The summed E-state index contributed by atoms with van der Waals surface area (Å²) in [5, 5.41) is 21.1. The third kappa shape index (κ3) is 5.80. The molecule has 0 fully saturated rings. The molecule has 0 saturated carbocycles. The highest BCUT2D eigenvalue weighted by Gasteiger charge is 2.13. The zero-order valence-electron chi connectivity index (χ0n) is 18.3. The van der Waals surface area contributed by atoms with E-state index in [0.29, 0.717) is 28.5 Å². The number of ether oxygens (including phenoxy) is 2. The number of aryl methyl sites for hydroxylation is 2. The van der Waals surface area contributed by atoms with Crippen molar-refractivity contribution in [2.75, 3.05) is 12.4 Å². The van der Waals surface area contributed by atoms with Gasteiger partial charge in [-0.3, -0.25) is 4.79 Å². The zero-order chi connectivity index (χ0) is 24.0. The molecule has 0 aliphatic rings. The Balaban J connectivity index is 1.74. The van der Waals surface area contributed by atoms with Gasteiger partial charge in [0.1, 0.15) is 24.0 Å². The summed E-state index contributed by atoms with van der Waals surface area (Å²) < 4.78 is 16.2. The number of methoxy groups -OCH3 is 1. The molecule has 1 amide bonds. The fourth-order valence-corrected chi connectivity index (χ4v) is 2.95. The minimum absolute atomic E-state index is 0.000639. The number of benzene rings is 2. The van der Waals surface area contributed by atoms with Crippen LogP contribution in [0.4, 0.5) is 5.69 Å². The fourth-order valence-electron chi connectivity index (χ4n) is 2.95. The van der Waals surface area contributed by atoms with Gasteiger partial charge in [-0.15, -0.1) is 0 Å². The maximum atomic E-state index is 12.6. The van der Waals surface area contributed by atoms with Crippen molar-refractivity contribution in [3.63, 3.8) is 0 Å². The molecule has 3 aromatic rings. The predicted molar refractivity (Wildman–Crippen MR) is 121 cm³/mol. The second-order valence-electron chi connectivity index (χ2n) is 7.19. The van der Waals surface area contributed by atoms with E-state index in [1.807, 2.05) is 32.0 Å². The maximum absolute atomic E-state index is 12.6. The van der Waals surface area contributed by atoms with Crippen molar-refractivity contribution < 1.29 is 28.6 Å². The van der Waals surface area contributed by atoms with E-state index < -0.39 is 11.9 Å². The molecule has 33 heavy (non-hydrogen) atoms. The second-order valence-corrected chi connectivity index (χ2v) is 7.19. The third-order valence-electron chi connectivity index (χ3n) is 4.87. The Hall–Kier alpha value is -4.51. The molecule has 168 valence electrons. The number of rotatable bonds is 8. The highest BCUT2D eigenvalue weighted by atomic mass is 16.5. The van der Waals surface area contributed by atoms with Crippen LogP contribution in [0.25, 0.3) is 6.08 Å². The molecule has 2 N–H and O–H groups in total. The zero-order valence-corrected chi connectivity index (χ0v) is 18.3. The number of carboxylic acids is 1. The topological polar surface area (TPSA) is 122 Å². The van der Waals surface area contributed by atoms with E-state index in [4.69, 9.17) is 19.0 Å². The van der Waals surface area contributed by atoms with E-state index in [0.717, 1.165) is 11.1 Å². The fraction of sp³-hybridized carbons (Fsp3) is 0.160. The van der Waals surface area contributed by atoms with Crippen molar-refractivity contribution in [3.8, 4) is 17.6 Å². The Bertz CT molecular complexity index is 1270. The molecule has 8 heteroatoms. The van der Waals surface area contributed by atoms with Crippen molar-refractivity contribution in [2.24, 2.45) is 0 Å². The number of anilines is 1. The van der Waals surface area contributed by atoms with Gasteiger partial charge in [-0.05, 0) is 73.0 Å². The lowest BCUT2D eigenvalue weighted by molar-refractivity contribution is -0.112. The SMILES string of the molecule is COc1cc(C=C(C#N)C(=O)Nc2ccc(C)c(C)c2)ccc1OCc1ccc(C(=O)O)o1. The summed E-state index contributed by atoms with van der Waals surface area (Å²) in [5.41, 5.74) is 3.24. The summed E-state index contributed by atoms with van der Waals surface area (Å²) >= 11 is 0. The number of aromatic carboxylic acids is 1. The highest BCUT2D eigenvalue weighted by molar-refractivity contribution is 6.09. The molecule has 0 bridgehead atoms. The van der Waals surface area contributed by atoms with Gasteiger partial charge in [0.25, 0.3) is 5.91 Å². The van der Waals surface area contributed by atoms with Crippen LogP contribution >= 0.6 is 0 Å². The Morgan fingerprint density at radius 3 is 2.52 bits per heavy atom. The van der Waals surface area contributed by atoms with Gasteiger partial charge in [-0.1, -0.05) is 12.1 Å². The van der Waals surface area contributed by atoms with Crippen LogP contribution in [0.5, 0.6) is 11.5 Å². The standard InChI is InChI=1S/C25H22N2O6/c1-15-4-6-19(10-16(15)2)27-24(28)18(13-26)11-17-5-8-21(23(12-17)31-3)32-14-20-7-9-22(33-20)25(29)30/h4-12H,14H2,1-3H3,(H,27,28)(H,29,30). The molecule has 0 unspecified atom stereocenters. The lowest BCUT2D eigenvalue weighted by Gasteiger charge is -2.11. The number of nitrogens with one attached hydrogen (secondary N) is 1. The van der Waals surface area contributed by atoms with Crippen LogP contribution in [-0.4, -0.2) is 24.1 Å². The lowest BCUT2D eigenvalue weighted by atomic mass is 10.1. The summed E-state index contributed by atoms with van der Waals surface area (Å²) in [6.07, 6.45) is 1.45. The number of hydrogen-bond donors (Lipinski definition) is 2. The quantitative estimate of drug-likeness (QED) is 0.379. The van der Waals surface area contributed by atoms with Gasteiger partial charge in [0.05, 0.1) is 7.11 Å². The Morgan fingerprint density at radius 2 is 1.88 bits per heavy atom. The largest absolute Gasteiger partial charge is 0.493 e. The average Bonchev–Trinajstić information content (AvgIpc) is 3.28. The van der Waals surface area contributed by atoms with Gasteiger partial charge in [0.15, 0.2) is 11.5 Å². The molecular formula is C25H22N2O6. The molecule has 0 aliphatic heterocycles. The smallest absolute Gasteiger partial charge is 0.371 e. The first-order valence-corrected chi connectivity index (χ1v) is 9.94. The lowest BCUT2D eigenvalue weighted by Crippen LogP contribution is -2.13. The number of carbonyl (C=O) groups excluding carboxylic acids is 1. The first-order chi connectivity index (χ1) is 15.8. The number of furan rings is 1. The maximum Gasteiger partial charge on any atom is 0.371 e. The average molecular weight is 446 g/mol. The first-order valence-electron chi connectivity index (χ1n) is 9.94. The van der Waals surface area contributed by atoms with Crippen molar-refractivity contribution in [2.45, 2.75) is 20.5 Å². The Kier molecular flexibility index (Phi) is 7.16. The summed E-state index contributed by atoms with van der Waals surface area (Å²) in [5.74, 6) is -0.754. The molecule has 2 aromatic carbocycles. The monoisotopic (exact) mass is 446 g/mol. The van der Waals surface area contributed by atoms with Crippen LogP contribution < -0.4 is 14.8 Å². The van der Waals surface area contributed by atoms with E-state index >= 15 is 0 Å². The van der Waals surface area contributed by atoms with Crippen LogP contribution in [0.1, 0.15) is 33.0 Å². The molecule has 0 saturated heterocycles. The van der Waals surface area contributed by atoms with Gasteiger partial charge in [-0.25, -0.2) is 4.79 Å². The van der Waals surface area contributed by atoms with Gasteiger partial charge >= 0.3 is 5.97 Å². The van der Waals surface area contributed by atoms with Crippen LogP contribution in [0.2, 0.25) is 0 Å². The van der Waals surface area contributed by atoms with E-state index in [1.165, 1.54) is 25.3 Å². The van der Waals surface area contributed by atoms with Crippen LogP contribution in [0.3, 0.4) is 0 Å². The van der Waals surface area contributed by atoms with Crippen molar-refractivity contribution >= 4 is 23.6 Å². The second kappa shape index (κ2) is 10.2. The molecule has 1 heterocycles. The summed E-state index contributed by atoms with van der Waals surface area (Å²) in [4.78, 5) is 23.5. The molecule has 0 radical (unpaired) electrons. The summed E-state index contributed by atoms with van der Waals surface area (Å²) in [6.45, 7) is 3.92. The first kappa shape index (κ1) is 23.2. The number of carboxylic acid groups (broad SMARTS) is 1. The molecule has 1 aromatic heterocycles. The van der Waals surface area contributed by atoms with Gasteiger partial charge in [-0.2, -0.15) is 5.26 Å². The summed E-state index contributed by atoms with van der Waals surface area (Å²) in [6, 6.07) is 15.2. The minimum Gasteiger partial charge on any atom is -0.493 e. The van der Waals surface area contributed by atoms with E-state index in [-0.39, 0.29) is 17.9 Å². The predicted octanol–water partition coefficient (Wildman–Crippen LogP) is 4.73. The van der Waals surface area contributed by atoms with Crippen LogP contribution in [0.15, 0.2) is 58.5 Å². The minimum atomic E-state index is -1.16. The number of nitriles is 1. The molecular weight excluding hydrogens is 424 g/mol. The Labute approximate surface area is 190 Å². The number of hydrogen-bond acceptors (Lipinski definition) is 6. The Morgan fingerprint density at radius 1 is 1.09 bits per heavy atom. The summed E-state index contributed by atoms with van der Waals surface area (Å²) in [7, 11) is 1.46. The van der Waals surface area contributed by atoms with Gasteiger partial charge in [0, 0.05) is 5.69 Å².